The summed E-state index contributed by atoms with van der Waals surface area (Å²) in [5.74, 6) is -0.0203. The molecule has 0 unspecified atom stereocenters. The van der Waals surface area contributed by atoms with Crippen LogP contribution >= 0.6 is 27.7 Å². The third-order valence-corrected chi connectivity index (χ3v) is 6.46. The van der Waals surface area contributed by atoms with Gasteiger partial charge in [-0.3, -0.25) is 4.79 Å². The minimum atomic E-state index is -0.506. The molecule has 1 amide bonds. The molecule has 0 fully saturated rings. The highest BCUT2D eigenvalue weighted by Gasteiger charge is 2.12. The third kappa shape index (κ3) is 4.77. The summed E-state index contributed by atoms with van der Waals surface area (Å²) in [6.07, 6.45) is 2.13. The van der Waals surface area contributed by atoms with Crippen LogP contribution < -0.4 is 5.32 Å². The first kappa shape index (κ1) is 20.7. The summed E-state index contributed by atoms with van der Waals surface area (Å²) in [6, 6.07) is 22.6. The minimum Gasteiger partial charge on any atom is -0.350 e. The van der Waals surface area contributed by atoms with Crippen LogP contribution in [0.2, 0.25) is 0 Å². The lowest BCUT2D eigenvalue weighted by Crippen LogP contribution is -2.27. The molecule has 0 spiro atoms. The van der Waals surface area contributed by atoms with Crippen molar-refractivity contribution >= 4 is 44.5 Å². The van der Waals surface area contributed by atoms with Gasteiger partial charge in [-0.25, -0.2) is 4.39 Å². The quantitative estimate of drug-likeness (QED) is 0.315. The number of thioether (sulfide) groups is 1. The van der Waals surface area contributed by atoms with Gasteiger partial charge in [0, 0.05) is 45.3 Å². The predicted molar refractivity (Wildman–Crippen MR) is 124 cm³/mol. The number of carbonyl (C=O) groups is 1. The van der Waals surface area contributed by atoms with E-state index >= 15 is 0 Å². The molecule has 0 atom stereocenters. The molecule has 0 aliphatic carbocycles. The fourth-order valence-electron chi connectivity index (χ4n) is 3.29. The first-order chi connectivity index (χ1) is 14.6. The first-order valence-corrected chi connectivity index (χ1v) is 11.4. The van der Waals surface area contributed by atoms with Gasteiger partial charge in [0.15, 0.2) is 0 Å². The Morgan fingerprint density at radius 1 is 1.00 bits per heavy atom. The summed E-state index contributed by atoms with van der Waals surface area (Å²) in [7, 11) is 0. The van der Waals surface area contributed by atoms with Gasteiger partial charge >= 0.3 is 0 Å². The Hall–Kier alpha value is -2.57. The van der Waals surface area contributed by atoms with E-state index in [0.29, 0.717) is 13.1 Å². The lowest BCUT2D eigenvalue weighted by molar-refractivity contribution is 0.0948. The van der Waals surface area contributed by atoms with Crippen LogP contribution in [0.1, 0.15) is 15.9 Å². The topological polar surface area (TPSA) is 34.0 Å². The third-order valence-electron chi connectivity index (χ3n) is 4.82. The second-order valence-corrected chi connectivity index (χ2v) is 8.79. The summed E-state index contributed by atoms with van der Waals surface area (Å²) in [5.41, 5.74) is 2.45. The lowest BCUT2D eigenvalue weighted by Gasteiger charge is -2.08. The second kappa shape index (κ2) is 9.49. The van der Waals surface area contributed by atoms with Gasteiger partial charge in [0.1, 0.15) is 5.82 Å². The Morgan fingerprint density at radius 2 is 1.73 bits per heavy atom. The molecule has 3 nitrogen and oxygen atoms in total. The number of amides is 1. The maximum atomic E-state index is 13.8. The number of rotatable bonds is 7. The summed E-state index contributed by atoms with van der Waals surface area (Å²) in [5, 5.41) is 4.01. The van der Waals surface area contributed by atoms with Crippen molar-refractivity contribution in [3.05, 3.63) is 100 Å². The average Bonchev–Trinajstić information content (AvgIpc) is 3.11. The normalized spacial score (nSPS) is 11.0. The Kier molecular flexibility index (Phi) is 6.55. The van der Waals surface area contributed by atoms with Crippen molar-refractivity contribution in [1.29, 1.82) is 0 Å². The van der Waals surface area contributed by atoms with Crippen molar-refractivity contribution in [3.63, 3.8) is 0 Å². The number of nitrogens with one attached hydrogen (secondary N) is 1. The fourth-order valence-corrected chi connectivity index (χ4v) is 4.59. The van der Waals surface area contributed by atoms with Gasteiger partial charge in [-0.05, 0) is 35.9 Å². The zero-order valence-corrected chi connectivity index (χ0v) is 18.5. The highest BCUT2D eigenvalue weighted by atomic mass is 79.9. The molecule has 1 N–H and O–H groups in total. The summed E-state index contributed by atoms with van der Waals surface area (Å²) < 4.78 is 17.0. The molecule has 0 saturated carbocycles. The van der Waals surface area contributed by atoms with Gasteiger partial charge in [-0.15, -0.1) is 11.8 Å². The molecule has 0 bridgehead atoms. The molecule has 0 aliphatic rings. The summed E-state index contributed by atoms with van der Waals surface area (Å²) >= 11 is 5.26. The van der Waals surface area contributed by atoms with Crippen molar-refractivity contribution in [2.24, 2.45) is 0 Å². The smallest absolute Gasteiger partial charge is 0.254 e. The van der Waals surface area contributed by atoms with Crippen molar-refractivity contribution in [2.45, 2.75) is 17.2 Å². The molecule has 0 saturated heterocycles. The largest absolute Gasteiger partial charge is 0.350 e. The van der Waals surface area contributed by atoms with Crippen LogP contribution in [0.4, 0.5) is 4.39 Å². The Morgan fingerprint density at radius 3 is 2.53 bits per heavy atom. The zero-order valence-electron chi connectivity index (χ0n) is 16.1. The predicted octanol–water partition coefficient (Wildman–Crippen LogP) is 6.27. The van der Waals surface area contributed by atoms with Crippen LogP contribution in [0, 0.1) is 5.82 Å². The molecule has 4 rings (SSSR count). The van der Waals surface area contributed by atoms with Gasteiger partial charge in [0.2, 0.25) is 0 Å². The van der Waals surface area contributed by atoms with Crippen LogP contribution in [0.25, 0.3) is 10.9 Å². The van der Waals surface area contributed by atoms with Gasteiger partial charge in [0.05, 0.1) is 5.56 Å². The summed E-state index contributed by atoms with van der Waals surface area (Å²) in [4.78, 5) is 13.4. The monoisotopic (exact) mass is 482 g/mol. The number of carbonyl (C=O) groups excluding carboxylic acids is 1. The van der Waals surface area contributed by atoms with Crippen molar-refractivity contribution in [2.75, 3.05) is 6.54 Å². The van der Waals surface area contributed by atoms with E-state index < -0.39 is 11.7 Å². The molecule has 3 aromatic carbocycles. The number of para-hydroxylation sites is 1. The average molecular weight is 483 g/mol. The van der Waals surface area contributed by atoms with Crippen LogP contribution in [0.15, 0.2) is 88.4 Å². The van der Waals surface area contributed by atoms with Gasteiger partial charge in [-0.1, -0.05) is 58.4 Å². The van der Waals surface area contributed by atoms with E-state index in [1.807, 2.05) is 12.1 Å². The lowest BCUT2D eigenvalue weighted by atomic mass is 10.2. The van der Waals surface area contributed by atoms with Crippen molar-refractivity contribution < 1.29 is 9.18 Å². The van der Waals surface area contributed by atoms with E-state index in [4.69, 9.17) is 0 Å². The van der Waals surface area contributed by atoms with E-state index in [0.717, 1.165) is 15.7 Å². The van der Waals surface area contributed by atoms with Crippen molar-refractivity contribution in [1.82, 2.24) is 9.88 Å². The minimum absolute atomic E-state index is 0.0700. The zero-order chi connectivity index (χ0) is 20.9. The molecule has 0 aliphatic heterocycles. The molecule has 6 heteroatoms. The van der Waals surface area contributed by atoms with E-state index in [9.17, 15) is 9.18 Å². The molecule has 1 aromatic heterocycles. The van der Waals surface area contributed by atoms with Crippen LogP contribution in [-0.4, -0.2) is 17.0 Å². The molecule has 1 heterocycles. The number of nitrogens with zero attached hydrogens (tertiary/aromatic N) is 1. The highest BCUT2D eigenvalue weighted by Crippen LogP contribution is 2.32. The molecule has 4 aromatic rings. The maximum Gasteiger partial charge on any atom is 0.254 e. The van der Waals surface area contributed by atoms with Gasteiger partial charge in [-0.2, -0.15) is 0 Å². The number of fused-ring (bicyclic) bond motifs is 1. The Balaban J connectivity index is 1.44. The second-order valence-electron chi connectivity index (χ2n) is 6.85. The standard InChI is InChI=1S/C24H20BrFN2OS/c25-18-11-9-17(10-12-18)16-30-23-15-28(22-8-4-2-6-20(22)23)14-13-27-24(29)19-5-1-3-7-21(19)26/h1-12,15H,13-14,16H2,(H,27,29). The molecular formula is C24H20BrFN2OS. The van der Waals surface area contributed by atoms with Crippen molar-refractivity contribution in [3.8, 4) is 0 Å². The van der Waals surface area contributed by atoms with Gasteiger partial charge < -0.3 is 9.88 Å². The molecular weight excluding hydrogens is 463 g/mol. The number of hydrogen-bond acceptors (Lipinski definition) is 2. The molecule has 0 radical (unpaired) electrons. The van der Waals surface area contributed by atoms with Crippen LogP contribution in [0.5, 0.6) is 0 Å². The number of hydrogen-bond donors (Lipinski definition) is 1. The Bertz CT molecular complexity index is 1170. The van der Waals surface area contributed by atoms with E-state index in [1.54, 1.807) is 23.9 Å². The number of halogens is 2. The fraction of sp³-hybridized carbons (Fsp3) is 0.125. The van der Waals surface area contributed by atoms with E-state index in [1.165, 1.54) is 28.0 Å². The first-order valence-electron chi connectivity index (χ1n) is 9.59. The van der Waals surface area contributed by atoms with E-state index in [-0.39, 0.29) is 5.56 Å². The van der Waals surface area contributed by atoms with Crippen LogP contribution in [-0.2, 0) is 12.3 Å². The highest BCUT2D eigenvalue weighted by molar-refractivity contribution is 9.10. The maximum absolute atomic E-state index is 13.8. The van der Waals surface area contributed by atoms with E-state index in [2.05, 4.69) is 68.4 Å². The summed E-state index contributed by atoms with van der Waals surface area (Å²) in [6.45, 7) is 1.03. The number of aromatic nitrogens is 1. The van der Waals surface area contributed by atoms with Crippen LogP contribution in [0.3, 0.4) is 0 Å². The number of benzene rings is 3. The van der Waals surface area contributed by atoms with Gasteiger partial charge in [0.25, 0.3) is 5.91 Å². The molecule has 30 heavy (non-hydrogen) atoms. The SMILES string of the molecule is O=C(NCCn1cc(SCc2ccc(Br)cc2)c2ccccc21)c1ccccc1F. The Labute approximate surface area is 187 Å². The molecule has 152 valence electrons.